The monoisotopic (exact) mass is 154 g/mol. The molecule has 0 aliphatic heterocycles. The molecule has 0 unspecified atom stereocenters. The molecular formula is C9H14O2. The van der Waals surface area contributed by atoms with Crippen LogP contribution in [-0.2, 0) is 9.53 Å². The first-order valence-electron chi connectivity index (χ1n) is 3.65. The summed E-state index contributed by atoms with van der Waals surface area (Å²) in [4.78, 5) is 10.6. The minimum atomic E-state index is -0.142. The van der Waals surface area contributed by atoms with E-state index in [2.05, 4.69) is 11.3 Å². The maximum atomic E-state index is 10.6. The second kappa shape index (κ2) is 7.06. The van der Waals surface area contributed by atoms with Gasteiger partial charge in [0.25, 0.3) is 0 Å². The maximum Gasteiger partial charge on any atom is 0.305 e. The van der Waals surface area contributed by atoms with E-state index < -0.39 is 0 Å². The second-order valence-corrected chi connectivity index (χ2v) is 2.13. The highest BCUT2D eigenvalue weighted by atomic mass is 16.5. The van der Waals surface area contributed by atoms with Gasteiger partial charge in [-0.05, 0) is 12.8 Å². The Morgan fingerprint density at radius 1 is 1.64 bits per heavy atom. The van der Waals surface area contributed by atoms with E-state index in [1.165, 1.54) is 7.11 Å². The van der Waals surface area contributed by atoms with Gasteiger partial charge in [0.15, 0.2) is 0 Å². The van der Waals surface area contributed by atoms with Crippen molar-refractivity contribution in [3.05, 3.63) is 24.8 Å². The summed E-state index contributed by atoms with van der Waals surface area (Å²) in [5.74, 6) is -0.142. The van der Waals surface area contributed by atoms with Gasteiger partial charge in [-0.25, -0.2) is 0 Å². The molecule has 0 saturated heterocycles. The molecule has 0 aromatic heterocycles. The average Bonchev–Trinajstić information content (AvgIpc) is 2.04. The van der Waals surface area contributed by atoms with Crippen LogP contribution in [0.15, 0.2) is 24.8 Å². The van der Waals surface area contributed by atoms with Gasteiger partial charge < -0.3 is 4.74 Å². The molecule has 62 valence electrons. The third-order valence-electron chi connectivity index (χ3n) is 1.25. The van der Waals surface area contributed by atoms with Crippen molar-refractivity contribution in [3.63, 3.8) is 0 Å². The molecule has 0 N–H and O–H groups in total. The topological polar surface area (TPSA) is 26.3 Å². The largest absolute Gasteiger partial charge is 0.469 e. The summed E-state index contributed by atoms with van der Waals surface area (Å²) in [6, 6.07) is 0. The summed E-state index contributed by atoms with van der Waals surface area (Å²) >= 11 is 0. The van der Waals surface area contributed by atoms with Crippen molar-refractivity contribution in [2.24, 2.45) is 0 Å². The predicted octanol–water partition coefficient (Wildman–Crippen LogP) is 2.07. The van der Waals surface area contributed by atoms with Crippen LogP contribution in [0.5, 0.6) is 0 Å². The summed E-state index contributed by atoms with van der Waals surface area (Å²) in [6.07, 6.45) is 7.82. The molecule has 2 heteroatoms. The van der Waals surface area contributed by atoms with Crippen LogP contribution in [-0.4, -0.2) is 13.1 Å². The standard InChI is InChI=1S/C9H14O2/c1-3-4-5-6-7-8-9(10)11-2/h3-5H,1,6-8H2,2H3. The molecule has 0 rings (SSSR count). The maximum absolute atomic E-state index is 10.6. The van der Waals surface area contributed by atoms with Crippen LogP contribution in [0.25, 0.3) is 0 Å². The van der Waals surface area contributed by atoms with Crippen LogP contribution in [0, 0.1) is 0 Å². The van der Waals surface area contributed by atoms with Crippen LogP contribution in [0.1, 0.15) is 19.3 Å². The fourth-order valence-electron chi connectivity index (χ4n) is 0.659. The number of unbranched alkanes of at least 4 members (excludes halogenated alkanes) is 1. The lowest BCUT2D eigenvalue weighted by atomic mass is 10.2. The highest BCUT2D eigenvalue weighted by Gasteiger charge is 1.96. The van der Waals surface area contributed by atoms with Crippen molar-refractivity contribution < 1.29 is 9.53 Å². The molecule has 11 heavy (non-hydrogen) atoms. The van der Waals surface area contributed by atoms with Crippen molar-refractivity contribution in [2.45, 2.75) is 19.3 Å². The van der Waals surface area contributed by atoms with E-state index >= 15 is 0 Å². The summed E-state index contributed by atoms with van der Waals surface area (Å²) in [5.41, 5.74) is 0. The molecule has 0 radical (unpaired) electrons. The number of carbonyl (C=O) groups excluding carboxylic acids is 1. The quantitative estimate of drug-likeness (QED) is 0.344. The van der Waals surface area contributed by atoms with Gasteiger partial charge in [0.2, 0.25) is 0 Å². The lowest BCUT2D eigenvalue weighted by Gasteiger charge is -1.94. The van der Waals surface area contributed by atoms with Gasteiger partial charge in [0, 0.05) is 6.42 Å². The zero-order valence-corrected chi connectivity index (χ0v) is 6.88. The molecule has 0 saturated carbocycles. The summed E-state index contributed by atoms with van der Waals surface area (Å²) in [7, 11) is 1.40. The number of carbonyl (C=O) groups is 1. The first-order valence-corrected chi connectivity index (χ1v) is 3.65. The van der Waals surface area contributed by atoms with Crippen molar-refractivity contribution in [2.75, 3.05) is 7.11 Å². The fraction of sp³-hybridized carbons (Fsp3) is 0.444. The Kier molecular flexibility index (Phi) is 6.39. The van der Waals surface area contributed by atoms with E-state index in [4.69, 9.17) is 0 Å². The molecule has 0 aliphatic carbocycles. The number of hydrogen-bond donors (Lipinski definition) is 0. The lowest BCUT2D eigenvalue weighted by molar-refractivity contribution is -0.140. The molecule has 0 bridgehead atoms. The number of esters is 1. The van der Waals surface area contributed by atoms with Gasteiger partial charge in [0.05, 0.1) is 7.11 Å². The van der Waals surface area contributed by atoms with Crippen LogP contribution in [0.3, 0.4) is 0 Å². The van der Waals surface area contributed by atoms with E-state index in [1.54, 1.807) is 6.08 Å². The minimum Gasteiger partial charge on any atom is -0.469 e. The molecule has 0 heterocycles. The van der Waals surface area contributed by atoms with E-state index in [0.717, 1.165) is 12.8 Å². The Morgan fingerprint density at radius 2 is 2.36 bits per heavy atom. The third-order valence-corrected chi connectivity index (χ3v) is 1.25. The Balaban J connectivity index is 3.20. The summed E-state index contributed by atoms with van der Waals surface area (Å²) in [6.45, 7) is 3.53. The number of allylic oxidation sites excluding steroid dienone is 3. The fourth-order valence-corrected chi connectivity index (χ4v) is 0.659. The summed E-state index contributed by atoms with van der Waals surface area (Å²) < 4.78 is 4.47. The Morgan fingerprint density at radius 3 is 2.91 bits per heavy atom. The zero-order chi connectivity index (χ0) is 8.53. The average molecular weight is 154 g/mol. The molecule has 0 aromatic rings. The first kappa shape index (κ1) is 9.95. The Labute approximate surface area is 67.6 Å². The van der Waals surface area contributed by atoms with Gasteiger partial charge in [-0.2, -0.15) is 0 Å². The van der Waals surface area contributed by atoms with E-state index in [9.17, 15) is 4.79 Å². The molecular weight excluding hydrogens is 140 g/mol. The van der Waals surface area contributed by atoms with Gasteiger partial charge in [0.1, 0.15) is 0 Å². The van der Waals surface area contributed by atoms with Crippen molar-refractivity contribution >= 4 is 5.97 Å². The van der Waals surface area contributed by atoms with Crippen molar-refractivity contribution in [1.29, 1.82) is 0 Å². The Bertz CT molecular complexity index is 148. The lowest BCUT2D eigenvalue weighted by Crippen LogP contribution is -1.98. The SMILES string of the molecule is C=CC=CCCCC(=O)OC. The van der Waals surface area contributed by atoms with Crippen molar-refractivity contribution in [1.82, 2.24) is 0 Å². The molecule has 0 aliphatic rings. The number of rotatable bonds is 5. The molecule has 2 nitrogen and oxygen atoms in total. The van der Waals surface area contributed by atoms with E-state index in [-0.39, 0.29) is 5.97 Å². The normalized spacial score (nSPS) is 9.91. The van der Waals surface area contributed by atoms with Crippen LogP contribution in [0.4, 0.5) is 0 Å². The zero-order valence-electron chi connectivity index (χ0n) is 6.88. The molecule has 0 fully saturated rings. The molecule has 0 amide bonds. The molecule has 0 aromatic carbocycles. The second-order valence-electron chi connectivity index (χ2n) is 2.13. The molecule has 0 atom stereocenters. The van der Waals surface area contributed by atoms with Gasteiger partial charge in [-0.15, -0.1) is 0 Å². The van der Waals surface area contributed by atoms with Gasteiger partial charge in [-0.1, -0.05) is 24.8 Å². The Hall–Kier alpha value is -1.05. The third kappa shape index (κ3) is 6.84. The highest BCUT2D eigenvalue weighted by Crippen LogP contribution is 1.97. The smallest absolute Gasteiger partial charge is 0.305 e. The van der Waals surface area contributed by atoms with Crippen molar-refractivity contribution in [3.8, 4) is 0 Å². The minimum absolute atomic E-state index is 0.142. The van der Waals surface area contributed by atoms with Gasteiger partial charge in [-0.3, -0.25) is 4.79 Å². The number of methoxy groups -OCH3 is 1. The van der Waals surface area contributed by atoms with Crippen LogP contribution < -0.4 is 0 Å². The highest BCUT2D eigenvalue weighted by molar-refractivity contribution is 5.68. The van der Waals surface area contributed by atoms with E-state index in [0.29, 0.717) is 6.42 Å². The first-order chi connectivity index (χ1) is 5.31. The number of ether oxygens (including phenoxy) is 1. The number of hydrogen-bond acceptors (Lipinski definition) is 2. The van der Waals surface area contributed by atoms with Crippen LogP contribution in [0.2, 0.25) is 0 Å². The van der Waals surface area contributed by atoms with Gasteiger partial charge >= 0.3 is 5.97 Å². The molecule has 0 spiro atoms. The van der Waals surface area contributed by atoms with Crippen LogP contribution >= 0.6 is 0 Å². The predicted molar refractivity (Wildman–Crippen MR) is 45.2 cm³/mol. The van der Waals surface area contributed by atoms with E-state index in [1.807, 2.05) is 12.2 Å². The summed E-state index contributed by atoms with van der Waals surface area (Å²) in [5, 5.41) is 0.